The van der Waals surface area contributed by atoms with Crippen LogP contribution in [0.2, 0.25) is 0 Å². The molecule has 3 nitrogen and oxygen atoms in total. The molecule has 0 radical (unpaired) electrons. The molecule has 1 spiro atoms. The van der Waals surface area contributed by atoms with Gasteiger partial charge in [0.05, 0.1) is 5.60 Å². The van der Waals surface area contributed by atoms with E-state index in [1.165, 1.54) is 24.8 Å². The van der Waals surface area contributed by atoms with Gasteiger partial charge in [-0.25, -0.2) is 0 Å². The van der Waals surface area contributed by atoms with E-state index in [1.807, 2.05) is 17.8 Å². The van der Waals surface area contributed by atoms with Crippen LogP contribution in [0.15, 0.2) is 11.6 Å². The largest absolute Gasteiger partial charge is 0.368 e. The van der Waals surface area contributed by atoms with Gasteiger partial charge in [-0.15, -0.1) is 0 Å². The monoisotopic (exact) mass is 390 g/mol. The Balaban J connectivity index is 1.54. The minimum absolute atomic E-state index is 0.0927. The van der Waals surface area contributed by atoms with Crippen molar-refractivity contribution in [3.63, 3.8) is 0 Å². The Morgan fingerprint density at radius 3 is 2.56 bits per heavy atom. The van der Waals surface area contributed by atoms with Gasteiger partial charge in [0.15, 0.2) is 12.1 Å². The van der Waals surface area contributed by atoms with E-state index in [0.29, 0.717) is 22.9 Å². The first kappa shape index (κ1) is 18.7. The topological polar surface area (TPSA) is 46.5 Å². The quantitative estimate of drug-likeness (QED) is 0.703. The smallest absolute Gasteiger partial charge is 0.155 e. The molecule has 0 bridgehead atoms. The van der Waals surface area contributed by atoms with Crippen molar-refractivity contribution in [2.45, 2.75) is 88.8 Å². The van der Waals surface area contributed by atoms with Crippen molar-refractivity contribution >= 4 is 17.5 Å². The Hall–Kier alpha value is -0.320. The van der Waals surface area contributed by atoms with E-state index >= 15 is 0 Å². The number of hydrogen-bond donors (Lipinski definition) is 1. The fraction of sp³-hybridized carbons (Fsp3) is 0.870. The van der Waals surface area contributed by atoms with E-state index in [9.17, 15) is 9.90 Å². The molecule has 8 atom stereocenters. The number of allylic oxidation sites excluding steroid dienone is 1. The van der Waals surface area contributed by atoms with Gasteiger partial charge in [-0.1, -0.05) is 19.4 Å². The number of ether oxygens (including phenoxy) is 1. The van der Waals surface area contributed by atoms with Crippen molar-refractivity contribution in [3.05, 3.63) is 11.6 Å². The maximum absolute atomic E-state index is 12.1. The summed E-state index contributed by atoms with van der Waals surface area (Å²) < 4.78 is 6.27. The van der Waals surface area contributed by atoms with E-state index in [2.05, 4.69) is 20.1 Å². The second-order valence-electron chi connectivity index (χ2n) is 10.4. The third-order valence-corrected chi connectivity index (χ3v) is 10.8. The van der Waals surface area contributed by atoms with Crippen molar-refractivity contribution in [2.75, 3.05) is 6.26 Å². The van der Waals surface area contributed by atoms with Gasteiger partial charge in [0.25, 0.3) is 0 Å². The maximum atomic E-state index is 12.1. The second kappa shape index (κ2) is 6.09. The third kappa shape index (κ3) is 2.39. The Bertz CT molecular complexity index is 689. The van der Waals surface area contributed by atoms with Crippen LogP contribution in [-0.4, -0.2) is 34.3 Å². The lowest BCUT2D eigenvalue weighted by Crippen LogP contribution is -2.57. The van der Waals surface area contributed by atoms with Gasteiger partial charge in [0, 0.05) is 18.1 Å². The Morgan fingerprint density at radius 1 is 1.11 bits per heavy atom. The summed E-state index contributed by atoms with van der Waals surface area (Å²) in [5.41, 5.74) is 1.77. The first-order chi connectivity index (χ1) is 12.8. The van der Waals surface area contributed by atoms with Gasteiger partial charge in [0.1, 0.15) is 0 Å². The van der Waals surface area contributed by atoms with Crippen LogP contribution in [0.4, 0.5) is 0 Å². The Kier molecular flexibility index (Phi) is 4.22. The maximum Gasteiger partial charge on any atom is 0.155 e. The van der Waals surface area contributed by atoms with Crippen LogP contribution in [0.3, 0.4) is 0 Å². The van der Waals surface area contributed by atoms with E-state index in [-0.39, 0.29) is 16.4 Å². The molecule has 4 heteroatoms. The Labute approximate surface area is 167 Å². The molecule has 0 aromatic heterocycles. The third-order valence-electron chi connectivity index (χ3n) is 9.71. The molecule has 3 saturated carbocycles. The van der Waals surface area contributed by atoms with Crippen LogP contribution in [0.5, 0.6) is 0 Å². The van der Waals surface area contributed by atoms with Crippen molar-refractivity contribution in [2.24, 2.45) is 28.6 Å². The average molecular weight is 391 g/mol. The summed E-state index contributed by atoms with van der Waals surface area (Å²) in [6.45, 7) is 4.94. The number of ketones is 1. The van der Waals surface area contributed by atoms with Crippen LogP contribution in [-0.2, 0) is 9.53 Å². The summed E-state index contributed by atoms with van der Waals surface area (Å²) in [5.74, 6) is 2.45. The Morgan fingerprint density at radius 2 is 1.85 bits per heavy atom. The molecule has 4 fully saturated rings. The second-order valence-corrected chi connectivity index (χ2v) is 11.5. The van der Waals surface area contributed by atoms with E-state index in [1.54, 1.807) is 0 Å². The number of rotatable bonds is 1. The highest BCUT2D eigenvalue weighted by molar-refractivity contribution is 7.99. The predicted octanol–water partition coefficient (Wildman–Crippen LogP) is 4.73. The highest BCUT2D eigenvalue weighted by Gasteiger charge is 2.67. The molecule has 1 N–H and O–H groups in total. The molecule has 0 aromatic carbocycles. The van der Waals surface area contributed by atoms with Crippen molar-refractivity contribution in [1.82, 2.24) is 0 Å². The van der Waals surface area contributed by atoms with Crippen LogP contribution in [0, 0.1) is 28.6 Å². The molecule has 0 amide bonds. The van der Waals surface area contributed by atoms with Gasteiger partial charge in [-0.3, -0.25) is 4.79 Å². The number of aliphatic hydroxyl groups is 1. The average Bonchev–Trinajstić information content (AvgIpc) is 3.16. The summed E-state index contributed by atoms with van der Waals surface area (Å²) in [6.07, 6.45) is 13.2. The summed E-state index contributed by atoms with van der Waals surface area (Å²) in [5, 5.41) is 10.8. The SMILES string of the molecule is CSC1CC2=CC(=O)CC[C@]2(C)[C@H]2CC[C@@]3(C)[C@@H](CC[C@@]34CCC(O)O4)[C@H]12. The van der Waals surface area contributed by atoms with E-state index in [0.717, 1.165) is 44.4 Å². The van der Waals surface area contributed by atoms with Crippen molar-refractivity contribution in [1.29, 1.82) is 0 Å². The number of carbonyl (C=O) groups excluding carboxylic acids is 1. The predicted molar refractivity (Wildman–Crippen MR) is 108 cm³/mol. The zero-order valence-corrected chi connectivity index (χ0v) is 17.8. The standard InChI is InChI=1S/C23H34O3S/c1-21-8-4-15(24)12-14(21)13-18(27-3)20-16(21)5-9-22(2)17(20)6-10-23(22)11-7-19(25)26-23/h12,16-20,25H,4-11,13H2,1-3H3/t16-,17-,18?,19?,20+,21-,22-,23+/m0/s1. The molecule has 1 saturated heterocycles. The van der Waals surface area contributed by atoms with Gasteiger partial charge in [-0.2, -0.15) is 11.8 Å². The van der Waals surface area contributed by atoms with E-state index in [4.69, 9.17) is 4.74 Å². The molecule has 4 aliphatic carbocycles. The minimum Gasteiger partial charge on any atom is -0.368 e. The van der Waals surface area contributed by atoms with Crippen LogP contribution < -0.4 is 0 Å². The van der Waals surface area contributed by atoms with Gasteiger partial charge < -0.3 is 9.84 Å². The number of fused-ring (bicyclic) bond motifs is 6. The summed E-state index contributed by atoms with van der Waals surface area (Å²) in [6, 6.07) is 0. The first-order valence-corrected chi connectivity index (χ1v) is 12.2. The van der Waals surface area contributed by atoms with Crippen molar-refractivity contribution < 1.29 is 14.6 Å². The first-order valence-electron chi connectivity index (χ1n) is 11.0. The molecular weight excluding hydrogens is 356 g/mol. The number of thioether (sulfide) groups is 1. The fourth-order valence-electron chi connectivity index (χ4n) is 8.17. The highest BCUT2D eigenvalue weighted by atomic mass is 32.2. The molecule has 5 rings (SSSR count). The highest BCUT2D eigenvalue weighted by Crippen LogP contribution is 2.70. The zero-order valence-electron chi connectivity index (χ0n) is 17.0. The lowest BCUT2D eigenvalue weighted by molar-refractivity contribution is -0.195. The van der Waals surface area contributed by atoms with Crippen LogP contribution >= 0.6 is 11.8 Å². The molecule has 0 aromatic rings. The fourth-order valence-corrected chi connectivity index (χ4v) is 9.21. The summed E-state index contributed by atoms with van der Waals surface area (Å²) in [7, 11) is 0. The number of hydrogen-bond acceptors (Lipinski definition) is 4. The van der Waals surface area contributed by atoms with Crippen LogP contribution in [0.25, 0.3) is 0 Å². The lowest BCUT2D eigenvalue weighted by atomic mass is 9.46. The van der Waals surface area contributed by atoms with Crippen LogP contribution in [0.1, 0.15) is 71.6 Å². The molecular formula is C23H34O3S. The zero-order chi connectivity index (χ0) is 19.0. The normalized spacial score (nSPS) is 54.4. The van der Waals surface area contributed by atoms with Gasteiger partial charge >= 0.3 is 0 Å². The molecule has 2 unspecified atom stereocenters. The van der Waals surface area contributed by atoms with Gasteiger partial charge in [-0.05, 0) is 85.9 Å². The molecule has 1 aliphatic heterocycles. The van der Waals surface area contributed by atoms with Crippen molar-refractivity contribution in [3.8, 4) is 0 Å². The molecule has 27 heavy (non-hydrogen) atoms. The minimum atomic E-state index is -0.558. The number of carbonyl (C=O) groups is 1. The van der Waals surface area contributed by atoms with Gasteiger partial charge in [0.2, 0.25) is 0 Å². The summed E-state index contributed by atoms with van der Waals surface area (Å²) >= 11 is 2.02. The molecule has 1 heterocycles. The lowest BCUT2D eigenvalue weighted by Gasteiger charge is -2.61. The summed E-state index contributed by atoms with van der Waals surface area (Å²) in [4.78, 5) is 12.1. The number of aliphatic hydroxyl groups excluding tert-OH is 1. The molecule has 150 valence electrons. The molecule has 5 aliphatic rings. The van der Waals surface area contributed by atoms with E-state index < -0.39 is 6.29 Å².